The number of sulfonamides is 1. The van der Waals surface area contributed by atoms with Gasteiger partial charge in [0, 0.05) is 13.0 Å². The molecule has 30 heavy (non-hydrogen) atoms. The molecule has 8 nitrogen and oxygen atoms in total. The molecule has 3 rings (SSSR count). The fraction of sp³-hybridized carbons (Fsp3) is 0.381. The molecule has 1 aliphatic rings. The third-order valence-corrected chi connectivity index (χ3v) is 6.33. The van der Waals surface area contributed by atoms with Gasteiger partial charge in [0.1, 0.15) is 23.9 Å². The average molecular weight is 435 g/mol. The van der Waals surface area contributed by atoms with Gasteiger partial charge in [-0.3, -0.25) is 4.79 Å². The maximum Gasteiger partial charge on any atom is 0.241 e. The normalized spacial score (nSPS) is 15.2. The van der Waals surface area contributed by atoms with Crippen LogP contribution >= 0.6 is 0 Å². The van der Waals surface area contributed by atoms with Crippen LogP contribution in [0.3, 0.4) is 0 Å². The lowest BCUT2D eigenvalue weighted by Gasteiger charge is -2.21. The second-order valence-electron chi connectivity index (χ2n) is 6.99. The Kier molecular flexibility index (Phi) is 6.84. The van der Waals surface area contributed by atoms with Crippen LogP contribution in [0.4, 0.5) is 5.69 Å². The summed E-state index contributed by atoms with van der Waals surface area (Å²) in [4.78, 5) is 13.8. The highest BCUT2D eigenvalue weighted by Crippen LogP contribution is 2.33. The lowest BCUT2D eigenvalue weighted by Crippen LogP contribution is -2.37. The number of hydrogen-bond acceptors (Lipinski definition) is 6. The van der Waals surface area contributed by atoms with Gasteiger partial charge in [0.2, 0.25) is 15.9 Å². The summed E-state index contributed by atoms with van der Waals surface area (Å²) >= 11 is 0. The summed E-state index contributed by atoms with van der Waals surface area (Å²) < 4.78 is 44.4. The van der Waals surface area contributed by atoms with E-state index in [0.29, 0.717) is 35.9 Å². The van der Waals surface area contributed by atoms with Gasteiger partial charge in [0.15, 0.2) is 0 Å². The van der Waals surface area contributed by atoms with Gasteiger partial charge in [0.25, 0.3) is 0 Å². The number of nitrogens with zero attached hydrogens (tertiary/aromatic N) is 1. The summed E-state index contributed by atoms with van der Waals surface area (Å²) in [5.74, 6) is 1.74. The summed E-state index contributed by atoms with van der Waals surface area (Å²) in [5, 5.41) is 0. The van der Waals surface area contributed by atoms with E-state index in [1.54, 1.807) is 49.3 Å². The molecule has 2 aromatic carbocycles. The van der Waals surface area contributed by atoms with Crippen molar-refractivity contribution in [3.63, 3.8) is 0 Å². The first-order chi connectivity index (χ1) is 14.3. The Morgan fingerprint density at radius 3 is 2.37 bits per heavy atom. The van der Waals surface area contributed by atoms with Crippen molar-refractivity contribution in [3.05, 3.63) is 42.5 Å². The molecule has 0 saturated carbocycles. The Labute approximate surface area is 176 Å². The number of benzene rings is 2. The third kappa shape index (κ3) is 5.03. The van der Waals surface area contributed by atoms with E-state index in [4.69, 9.17) is 14.2 Å². The molecule has 0 radical (unpaired) electrons. The van der Waals surface area contributed by atoms with Crippen LogP contribution in [0.1, 0.15) is 19.8 Å². The number of ether oxygens (including phenoxy) is 3. The maximum absolute atomic E-state index is 12.9. The summed E-state index contributed by atoms with van der Waals surface area (Å²) in [6.07, 6.45) is 1.18. The maximum atomic E-state index is 12.9. The second-order valence-corrected chi connectivity index (χ2v) is 8.71. The number of amides is 1. The average Bonchev–Trinajstić information content (AvgIpc) is 3.17. The van der Waals surface area contributed by atoms with Crippen LogP contribution < -0.4 is 23.8 Å². The van der Waals surface area contributed by atoms with Crippen molar-refractivity contribution in [2.24, 2.45) is 0 Å². The van der Waals surface area contributed by atoms with Crippen molar-refractivity contribution >= 4 is 21.6 Å². The van der Waals surface area contributed by atoms with Crippen molar-refractivity contribution in [2.45, 2.75) is 30.7 Å². The number of nitrogens with one attached hydrogen (secondary N) is 1. The first kappa shape index (κ1) is 21.9. The van der Waals surface area contributed by atoms with Crippen molar-refractivity contribution in [1.82, 2.24) is 4.72 Å². The Morgan fingerprint density at radius 2 is 1.77 bits per heavy atom. The van der Waals surface area contributed by atoms with E-state index >= 15 is 0 Å². The minimum Gasteiger partial charge on any atom is -0.497 e. The van der Waals surface area contributed by atoms with Gasteiger partial charge >= 0.3 is 0 Å². The monoisotopic (exact) mass is 434 g/mol. The zero-order chi connectivity index (χ0) is 21.7. The molecule has 1 fully saturated rings. The first-order valence-corrected chi connectivity index (χ1v) is 11.1. The molecular formula is C21H26N2O6S. The summed E-state index contributed by atoms with van der Waals surface area (Å²) in [7, 11) is -0.742. The zero-order valence-corrected chi connectivity index (χ0v) is 18.1. The molecule has 1 heterocycles. The van der Waals surface area contributed by atoms with Crippen molar-refractivity contribution in [2.75, 3.05) is 32.3 Å². The van der Waals surface area contributed by atoms with Crippen molar-refractivity contribution in [3.8, 4) is 17.2 Å². The number of hydrogen-bond donors (Lipinski definition) is 1. The minimum absolute atomic E-state index is 0.0444. The van der Waals surface area contributed by atoms with Crippen LogP contribution in [-0.2, 0) is 14.8 Å². The molecule has 0 aromatic heterocycles. The van der Waals surface area contributed by atoms with Gasteiger partial charge in [-0.1, -0.05) is 0 Å². The molecule has 0 unspecified atom stereocenters. The fourth-order valence-electron chi connectivity index (χ4n) is 3.21. The van der Waals surface area contributed by atoms with Crippen LogP contribution in [0.15, 0.2) is 47.4 Å². The van der Waals surface area contributed by atoms with Crippen molar-refractivity contribution in [1.29, 1.82) is 0 Å². The Balaban J connectivity index is 1.70. The van der Waals surface area contributed by atoms with Crippen LogP contribution in [0.5, 0.6) is 17.2 Å². The van der Waals surface area contributed by atoms with Gasteiger partial charge in [-0.25, -0.2) is 13.1 Å². The smallest absolute Gasteiger partial charge is 0.241 e. The summed E-state index contributed by atoms with van der Waals surface area (Å²) in [5.41, 5.74) is 0.463. The highest BCUT2D eigenvalue weighted by Gasteiger charge is 2.27. The van der Waals surface area contributed by atoms with Crippen LogP contribution in [0, 0.1) is 0 Å². The quantitative estimate of drug-likeness (QED) is 0.652. The molecule has 1 aliphatic heterocycles. The van der Waals surface area contributed by atoms with Gasteiger partial charge in [-0.15, -0.1) is 0 Å². The van der Waals surface area contributed by atoms with Crippen LogP contribution in [0.25, 0.3) is 0 Å². The molecule has 0 aliphatic carbocycles. The molecular weight excluding hydrogens is 408 g/mol. The lowest BCUT2D eigenvalue weighted by atomic mass is 10.2. The SMILES string of the molecule is COc1ccc(OC[C@H](C)NS(=O)(=O)c2ccc(OC)c(N3CCCC3=O)c2)cc1. The molecule has 1 saturated heterocycles. The molecule has 9 heteroatoms. The Morgan fingerprint density at radius 1 is 1.07 bits per heavy atom. The zero-order valence-electron chi connectivity index (χ0n) is 17.3. The second kappa shape index (κ2) is 9.36. The Bertz CT molecular complexity index is 991. The first-order valence-electron chi connectivity index (χ1n) is 9.61. The fourth-order valence-corrected chi connectivity index (χ4v) is 4.46. The summed E-state index contributed by atoms with van der Waals surface area (Å²) in [6.45, 7) is 2.41. The van der Waals surface area contributed by atoms with Gasteiger partial charge in [-0.2, -0.15) is 0 Å². The van der Waals surface area contributed by atoms with E-state index in [9.17, 15) is 13.2 Å². The highest BCUT2D eigenvalue weighted by molar-refractivity contribution is 7.89. The molecule has 1 amide bonds. The predicted molar refractivity (Wildman–Crippen MR) is 113 cm³/mol. The third-order valence-electron chi connectivity index (χ3n) is 4.74. The Hall–Kier alpha value is -2.78. The van der Waals surface area contributed by atoms with E-state index in [1.165, 1.54) is 19.2 Å². The van der Waals surface area contributed by atoms with E-state index < -0.39 is 16.1 Å². The minimum atomic E-state index is -3.81. The van der Waals surface area contributed by atoms with Gasteiger partial charge < -0.3 is 19.1 Å². The lowest BCUT2D eigenvalue weighted by molar-refractivity contribution is -0.117. The van der Waals surface area contributed by atoms with Crippen molar-refractivity contribution < 1.29 is 27.4 Å². The van der Waals surface area contributed by atoms with E-state index in [0.717, 1.165) is 6.42 Å². The topological polar surface area (TPSA) is 94.2 Å². The summed E-state index contributed by atoms with van der Waals surface area (Å²) in [6, 6.07) is 11.1. The number of carbonyl (C=O) groups excluding carboxylic acids is 1. The predicted octanol–water partition coefficient (Wildman–Crippen LogP) is 2.58. The molecule has 1 atom stereocenters. The molecule has 2 aromatic rings. The highest BCUT2D eigenvalue weighted by atomic mass is 32.2. The standard InChI is InChI=1S/C21H26N2O6S/c1-15(14-29-17-8-6-16(27-2)7-9-17)22-30(25,26)18-10-11-20(28-3)19(13-18)23-12-4-5-21(23)24/h6-11,13,15,22H,4-5,12,14H2,1-3H3/t15-/m0/s1. The molecule has 1 N–H and O–H groups in total. The number of carbonyl (C=O) groups is 1. The molecule has 0 bridgehead atoms. The van der Waals surface area contributed by atoms with Crippen LogP contribution in [-0.4, -0.2) is 47.7 Å². The molecule has 0 spiro atoms. The van der Waals surface area contributed by atoms with Gasteiger partial charge in [0.05, 0.1) is 30.8 Å². The number of anilines is 1. The van der Waals surface area contributed by atoms with E-state index in [-0.39, 0.29) is 17.4 Å². The number of rotatable bonds is 9. The number of methoxy groups -OCH3 is 2. The van der Waals surface area contributed by atoms with Gasteiger partial charge in [-0.05, 0) is 55.8 Å². The van der Waals surface area contributed by atoms with Crippen LogP contribution in [0.2, 0.25) is 0 Å². The largest absolute Gasteiger partial charge is 0.497 e. The molecule has 162 valence electrons. The van der Waals surface area contributed by atoms with E-state index in [2.05, 4.69) is 4.72 Å². The van der Waals surface area contributed by atoms with E-state index in [1.807, 2.05) is 0 Å².